The second kappa shape index (κ2) is 7.21. The molecule has 3 heteroatoms. The lowest BCUT2D eigenvalue weighted by atomic mass is 9.96. The van der Waals surface area contributed by atoms with Crippen molar-refractivity contribution in [2.24, 2.45) is 0 Å². The van der Waals surface area contributed by atoms with E-state index in [9.17, 15) is 0 Å². The van der Waals surface area contributed by atoms with Crippen LogP contribution >= 0.6 is 0 Å². The van der Waals surface area contributed by atoms with Crippen molar-refractivity contribution >= 4 is 0 Å². The summed E-state index contributed by atoms with van der Waals surface area (Å²) in [6.45, 7) is 6.93. The lowest BCUT2D eigenvalue weighted by molar-refractivity contribution is 0.170. The first-order valence-electron chi connectivity index (χ1n) is 8.15. The molecule has 1 aromatic carbocycles. The van der Waals surface area contributed by atoms with Gasteiger partial charge in [-0.25, -0.2) is 0 Å². The normalized spacial score (nSPS) is 25.9. The van der Waals surface area contributed by atoms with E-state index in [1.54, 1.807) is 0 Å². The molecule has 110 valence electrons. The fraction of sp³-hybridized carbons (Fsp3) is 0.647. The molecule has 3 nitrogen and oxygen atoms in total. The third-order valence-corrected chi connectivity index (χ3v) is 4.56. The molecule has 0 radical (unpaired) electrons. The molecule has 1 aromatic rings. The van der Waals surface area contributed by atoms with Crippen molar-refractivity contribution < 1.29 is 0 Å². The van der Waals surface area contributed by atoms with Crippen molar-refractivity contribution in [1.29, 1.82) is 0 Å². The smallest absolute Gasteiger partial charge is 0.0236 e. The predicted molar refractivity (Wildman–Crippen MR) is 83.9 cm³/mol. The number of benzene rings is 1. The third-order valence-electron chi connectivity index (χ3n) is 4.56. The molecule has 2 bridgehead atoms. The fourth-order valence-electron chi connectivity index (χ4n) is 3.36. The zero-order chi connectivity index (χ0) is 13.6. The maximum atomic E-state index is 3.60. The molecular formula is C17H27N3. The highest BCUT2D eigenvalue weighted by atomic mass is 15.2. The highest BCUT2D eigenvalue weighted by Gasteiger charge is 2.21. The van der Waals surface area contributed by atoms with Gasteiger partial charge in [-0.15, -0.1) is 0 Å². The van der Waals surface area contributed by atoms with Gasteiger partial charge in [-0.2, -0.15) is 0 Å². The lowest BCUT2D eigenvalue weighted by Crippen LogP contribution is -2.41. The van der Waals surface area contributed by atoms with E-state index in [2.05, 4.69) is 39.8 Å². The van der Waals surface area contributed by atoms with Gasteiger partial charge in [0, 0.05) is 12.6 Å². The highest BCUT2D eigenvalue weighted by Crippen LogP contribution is 2.20. The predicted octanol–water partition coefficient (Wildman–Crippen LogP) is 1.78. The van der Waals surface area contributed by atoms with Crippen LogP contribution in [0.3, 0.4) is 0 Å². The molecule has 1 atom stereocenters. The standard InChI is InChI=1S/C17H27N3/c1-8-18-10-2-12-20-14-16-5-3-15(4-6-16)13-17(20)7-11-19-9-1/h3-6,17-19H,1-2,7-14H2. The van der Waals surface area contributed by atoms with E-state index in [-0.39, 0.29) is 0 Å². The molecule has 1 unspecified atom stereocenters. The Hall–Kier alpha value is -0.900. The minimum Gasteiger partial charge on any atom is -0.317 e. The summed E-state index contributed by atoms with van der Waals surface area (Å²) in [5, 5.41) is 7.15. The molecule has 1 saturated heterocycles. The quantitative estimate of drug-likeness (QED) is 0.754. The van der Waals surface area contributed by atoms with Crippen LogP contribution in [0.4, 0.5) is 0 Å². The summed E-state index contributed by atoms with van der Waals surface area (Å²) >= 11 is 0. The van der Waals surface area contributed by atoms with Crippen LogP contribution in [0.5, 0.6) is 0 Å². The monoisotopic (exact) mass is 273 g/mol. The van der Waals surface area contributed by atoms with E-state index in [0.29, 0.717) is 6.04 Å². The van der Waals surface area contributed by atoms with Crippen LogP contribution < -0.4 is 10.6 Å². The van der Waals surface area contributed by atoms with E-state index >= 15 is 0 Å². The lowest BCUT2D eigenvalue weighted by Gasteiger charge is -2.34. The molecule has 2 N–H and O–H groups in total. The summed E-state index contributed by atoms with van der Waals surface area (Å²) in [6.07, 6.45) is 4.98. The van der Waals surface area contributed by atoms with Gasteiger partial charge in [-0.05, 0) is 69.5 Å². The number of rotatable bonds is 0. The molecule has 3 aliphatic heterocycles. The van der Waals surface area contributed by atoms with Crippen LogP contribution in [0.1, 0.15) is 30.4 Å². The summed E-state index contributed by atoms with van der Waals surface area (Å²) < 4.78 is 0. The zero-order valence-corrected chi connectivity index (χ0v) is 12.4. The second-order valence-corrected chi connectivity index (χ2v) is 6.14. The number of nitrogens with zero attached hydrogens (tertiary/aromatic N) is 1. The van der Waals surface area contributed by atoms with Gasteiger partial charge >= 0.3 is 0 Å². The number of hydrogen-bond donors (Lipinski definition) is 2. The Morgan fingerprint density at radius 1 is 0.850 bits per heavy atom. The molecule has 0 spiro atoms. The molecule has 20 heavy (non-hydrogen) atoms. The van der Waals surface area contributed by atoms with Crippen LogP contribution in [0.2, 0.25) is 0 Å². The van der Waals surface area contributed by atoms with Crippen molar-refractivity contribution in [3.05, 3.63) is 35.4 Å². The van der Waals surface area contributed by atoms with E-state index < -0.39 is 0 Å². The van der Waals surface area contributed by atoms with Gasteiger partial charge in [0.2, 0.25) is 0 Å². The topological polar surface area (TPSA) is 27.3 Å². The average molecular weight is 273 g/mol. The van der Waals surface area contributed by atoms with E-state index in [1.165, 1.54) is 43.4 Å². The molecule has 3 heterocycles. The zero-order valence-electron chi connectivity index (χ0n) is 12.4. The van der Waals surface area contributed by atoms with Crippen LogP contribution in [-0.2, 0) is 13.0 Å². The van der Waals surface area contributed by atoms with Crippen LogP contribution in [0.15, 0.2) is 24.3 Å². The Morgan fingerprint density at radius 3 is 2.40 bits per heavy atom. The molecule has 0 amide bonds. The molecule has 1 fully saturated rings. The molecule has 0 aromatic heterocycles. The summed E-state index contributed by atoms with van der Waals surface area (Å²) in [5.74, 6) is 0. The van der Waals surface area contributed by atoms with Gasteiger partial charge in [0.05, 0.1) is 0 Å². The Balaban J connectivity index is 1.69. The molecular weight excluding hydrogens is 246 g/mol. The van der Waals surface area contributed by atoms with Gasteiger partial charge in [-0.3, -0.25) is 4.90 Å². The SMILES string of the molecule is c1cc2ccc1CC1CCNCCCNCCCN1C2. The van der Waals surface area contributed by atoms with E-state index in [0.717, 1.165) is 32.7 Å². The summed E-state index contributed by atoms with van der Waals surface area (Å²) in [4.78, 5) is 2.70. The molecule has 0 aliphatic carbocycles. The first-order valence-corrected chi connectivity index (χ1v) is 8.15. The molecule has 4 rings (SSSR count). The van der Waals surface area contributed by atoms with Crippen molar-refractivity contribution in [2.45, 2.75) is 38.3 Å². The highest BCUT2D eigenvalue weighted by molar-refractivity contribution is 5.25. The Labute approximate surface area is 122 Å². The Bertz CT molecular complexity index is 362. The van der Waals surface area contributed by atoms with Crippen molar-refractivity contribution in [3.8, 4) is 0 Å². The molecule has 0 saturated carbocycles. The second-order valence-electron chi connectivity index (χ2n) is 6.14. The third kappa shape index (κ3) is 3.81. The molecule has 3 aliphatic rings. The minimum absolute atomic E-state index is 0.696. The average Bonchev–Trinajstić information content (AvgIpc) is 2.44. The Kier molecular flexibility index (Phi) is 5.06. The summed E-state index contributed by atoms with van der Waals surface area (Å²) in [5.41, 5.74) is 2.96. The van der Waals surface area contributed by atoms with Gasteiger partial charge in [0.1, 0.15) is 0 Å². The van der Waals surface area contributed by atoms with Crippen LogP contribution in [0, 0.1) is 0 Å². The summed E-state index contributed by atoms with van der Waals surface area (Å²) in [6, 6.07) is 9.94. The van der Waals surface area contributed by atoms with Crippen molar-refractivity contribution in [2.75, 3.05) is 32.7 Å². The van der Waals surface area contributed by atoms with Crippen molar-refractivity contribution in [3.63, 3.8) is 0 Å². The first-order chi connectivity index (χ1) is 9.92. The van der Waals surface area contributed by atoms with Gasteiger partial charge < -0.3 is 10.6 Å². The maximum Gasteiger partial charge on any atom is 0.0236 e. The minimum atomic E-state index is 0.696. The fourth-order valence-corrected chi connectivity index (χ4v) is 3.36. The van der Waals surface area contributed by atoms with Crippen LogP contribution in [0.25, 0.3) is 0 Å². The number of hydrogen-bond acceptors (Lipinski definition) is 3. The first kappa shape index (κ1) is 14.1. The number of fused-ring (bicyclic) bond motifs is 2. The van der Waals surface area contributed by atoms with Gasteiger partial charge in [0.25, 0.3) is 0 Å². The van der Waals surface area contributed by atoms with Crippen LogP contribution in [-0.4, -0.2) is 43.7 Å². The van der Waals surface area contributed by atoms with Crippen molar-refractivity contribution in [1.82, 2.24) is 15.5 Å². The largest absolute Gasteiger partial charge is 0.317 e. The summed E-state index contributed by atoms with van der Waals surface area (Å²) in [7, 11) is 0. The maximum absolute atomic E-state index is 3.60. The van der Waals surface area contributed by atoms with Gasteiger partial charge in [-0.1, -0.05) is 24.3 Å². The Morgan fingerprint density at radius 2 is 1.55 bits per heavy atom. The number of nitrogens with one attached hydrogen (secondary N) is 2. The van der Waals surface area contributed by atoms with E-state index in [1.807, 2.05) is 0 Å². The van der Waals surface area contributed by atoms with E-state index in [4.69, 9.17) is 0 Å². The van der Waals surface area contributed by atoms with Gasteiger partial charge in [0.15, 0.2) is 0 Å².